The van der Waals surface area contributed by atoms with Crippen molar-refractivity contribution < 1.29 is 0 Å². The Morgan fingerprint density at radius 3 is 1.49 bits per heavy atom. The van der Waals surface area contributed by atoms with Gasteiger partial charge in [0.2, 0.25) is 0 Å². The highest BCUT2D eigenvalue weighted by molar-refractivity contribution is 6.21. The molecule has 0 unspecified atom stereocenters. The van der Waals surface area contributed by atoms with E-state index in [0.29, 0.717) is 0 Å². The fourth-order valence-electron chi connectivity index (χ4n) is 10.7. The molecule has 0 fully saturated rings. The maximum Gasteiger partial charge on any atom is 0.0547 e. The van der Waals surface area contributed by atoms with Gasteiger partial charge in [0.15, 0.2) is 0 Å². The van der Waals surface area contributed by atoms with Crippen LogP contribution in [0.2, 0.25) is 0 Å². The zero-order valence-electron chi connectivity index (χ0n) is 38.5. The number of hydrogen-bond acceptors (Lipinski definition) is 1. The summed E-state index contributed by atoms with van der Waals surface area (Å²) in [5.41, 5.74) is 18.4. The van der Waals surface area contributed by atoms with Gasteiger partial charge in [-0.1, -0.05) is 231 Å². The predicted molar refractivity (Wildman–Crippen MR) is 298 cm³/mol. The van der Waals surface area contributed by atoms with Crippen molar-refractivity contribution in [2.45, 2.75) is 0 Å². The van der Waals surface area contributed by atoms with Crippen LogP contribution in [-0.2, 0) is 0 Å². The first kappa shape index (κ1) is 41.0. The number of anilines is 3. The van der Waals surface area contributed by atoms with Crippen LogP contribution in [0, 0.1) is 0 Å². The molecule has 328 valence electrons. The van der Waals surface area contributed by atoms with Crippen LogP contribution in [0.15, 0.2) is 279 Å². The van der Waals surface area contributed by atoms with E-state index in [9.17, 15) is 0 Å². The number of fused-ring (bicyclic) bond motifs is 6. The topological polar surface area (TPSA) is 8.17 Å². The number of benzene rings is 12. The average molecular weight is 891 g/mol. The third kappa shape index (κ3) is 7.13. The van der Waals surface area contributed by atoms with Crippen LogP contribution in [-0.4, -0.2) is 4.57 Å². The van der Waals surface area contributed by atoms with Crippen LogP contribution in [0.3, 0.4) is 0 Å². The zero-order valence-corrected chi connectivity index (χ0v) is 38.5. The Morgan fingerprint density at radius 2 is 0.743 bits per heavy atom. The van der Waals surface area contributed by atoms with E-state index < -0.39 is 0 Å². The molecule has 0 aliphatic rings. The van der Waals surface area contributed by atoms with E-state index in [-0.39, 0.29) is 0 Å². The van der Waals surface area contributed by atoms with Gasteiger partial charge in [0, 0.05) is 33.2 Å². The molecule has 0 bridgehead atoms. The molecule has 70 heavy (non-hydrogen) atoms. The van der Waals surface area contributed by atoms with Gasteiger partial charge >= 0.3 is 0 Å². The Balaban J connectivity index is 1.06. The van der Waals surface area contributed by atoms with E-state index in [2.05, 4.69) is 289 Å². The molecule has 13 aromatic rings. The number of aromatic nitrogens is 1. The summed E-state index contributed by atoms with van der Waals surface area (Å²) in [5.74, 6) is 0. The molecule has 0 saturated carbocycles. The van der Waals surface area contributed by atoms with Crippen LogP contribution in [0.25, 0.3) is 105 Å². The minimum atomic E-state index is 1.06. The fourth-order valence-corrected chi connectivity index (χ4v) is 10.7. The normalized spacial score (nSPS) is 11.4. The van der Waals surface area contributed by atoms with Crippen molar-refractivity contribution in [3.8, 4) is 61.3 Å². The molecule has 0 aliphatic heterocycles. The summed E-state index contributed by atoms with van der Waals surface area (Å²) in [5, 5.41) is 7.47. The molecule has 0 atom stereocenters. The van der Waals surface area contributed by atoms with E-state index >= 15 is 0 Å². The van der Waals surface area contributed by atoms with E-state index in [0.717, 1.165) is 50.6 Å². The zero-order chi connectivity index (χ0) is 46.4. The molecule has 2 nitrogen and oxygen atoms in total. The maximum atomic E-state index is 2.49. The summed E-state index contributed by atoms with van der Waals surface area (Å²) in [6, 6.07) is 102. The second-order valence-corrected chi connectivity index (χ2v) is 18.0. The van der Waals surface area contributed by atoms with Crippen LogP contribution in [0.4, 0.5) is 17.1 Å². The minimum absolute atomic E-state index is 1.06. The highest BCUT2D eigenvalue weighted by Crippen LogP contribution is 2.48. The van der Waals surface area contributed by atoms with Gasteiger partial charge in [-0.2, -0.15) is 0 Å². The van der Waals surface area contributed by atoms with E-state index in [1.807, 2.05) is 0 Å². The van der Waals surface area contributed by atoms with Crippen LogP contribution < -0.4 is 4.90 Å². The summed E-state index contributed by atoms with van der Waals surface area (Å²) in [6.07, 6.45) is 0. The Morgan fingerprint density at radius 1 is 0.257 bits per heavy atom. The largest absolute Gasteiger partial charge is 0.309 e. The van der Waals surface area contributed by atoms with Crippen molar-refractivity contribution in [1.82, 2.24) is 4.57 Å². The van der Waals surface area contributed by atoms with Gasteiger partial charge in [-0.3, -0.25) is 0 Å². The molecule has 0 spiro atoms. The summed E-state index contributed by atoms with van der Waals surface area (Å²) in [4.78, 5) is 2.47. The Hall–Kier alpha value is -9.24. The molecule has 0 radical (unpaired) electrons. The lowest BCUT2D eigenvalue weighted by Crippen LogP contribution is -2.13. The Labute approximate surface area is 408 Å². The first-order valence-electron chi connectivity index (χ1n) is 24.1. The van der Waals surface area contributed by atoms with Crippen molar-refractivity contribution >= 4 is 60.4 Å². The number of nitrogens with zero attached hydrogens (tertiary/aromatic N) is 2. The van der Waals surface area contributed by atoms with Crippen molar-refractivity contribution in [2.75, 3.05) is 4.90 Å². The smallest absolute Gasteiger partial charge is 0.0547 e. The molecule has 2 heteroatoms. The highest BCUT2D eigenvalue weighted by atomic mass is 15.1. The van der Waals surface area contributed by atoms with Gasteiger partial charge in [-0.15, -0.1) is 0 Å². The molecule has 12 aromatic carbocycles. The number of para-hydroxylation sites is 3. The summed E-state index contributed by atoms with van der Waals surface area (Å²) >= 11 is 0. The van der Waals surface area contributed by atoms with Crippen molar-refractivity contribution in [1.29, 1.82) is 0 Å². The molecule has 0 aliphatic carbocycles. The SMILES string of the molecule is c1ccc(-c2ccc(-c3ccccc3N(c3ccc(-c4cccc5ccccc45)cc3)c3ccccc3-c3cc(-c4ccccc4)ccc3-n3c4ccccc4c4c5ccccc5ccc43)cc2)cc1. The summed E-state index contributed by atoms with van der Waals surface area (Å²) < 4.78 is 2.49. The number of hydrogen-bond donors (Lipinski definition) is 0. The van der Waals surface area contributed by atoms with E-state index in [1.54, 1.807) is 0 Å². The van der Waals surface area contributed by atoms with Gasteiger partial charge in [0.1, 0.15) is 0 Å². The van der Waals surface area contributed by atoms with Crippen molar-refractivity contribution in [3.63, 3.8) is 0 Å². The van der Waals surface area contributed by atoms with Gasteiger partial charge in [0.05, 0.1) is 28.1 Å². The second kappa shape index (κ2) is 17.4. The lowest BCUT2D eigenvalue weighted by molar-refractivity contribution is 1.18. The first-order valence-corrected chi connectivity index (χ1v) is 24.1. The Bertz CT molecular complexity index is 4030. The second-order valence-electron chi connectivity index (χ2n) is 18.0. The molecular weight excluding hydrogens is 845 g/mol. The van der Waals surface area contributed by atoms with E-state index in [1.165, 1.54) is 71.2 Å². The standard InChI is InChI=1S/C68H46N2/c1-3-18-47(19-4-1)49-34-36-53(37-35-49)58-26-11-14-31-63(58)69(55-42-38-52(39-43-55)57-30-17-24-50-22-7-9-25-56(50)57)64-32-15-12-28-60(64)62-46-54(48-20-5-2-6-21-48)41-44-66(62)70-65-33-16-13-29-61(65)68-59-27-10-8-23-51(59)40-45-67(68)70/h1-46H. The van der Waals surface area contributed by atoms with Gasteiger partial charge < -0.3 is 9.47 Å². The van der Waals surface area contributed by atoms with Gasteiger partial charge in [-0.05, 0) is 109 Å². The first-order chi connectivity index (χ1) is 34.7. The lowest BCUT2D eigenvalue weighted by atomic mass is 9.94. The monoisotopic (exact) mass is 890 g/mol. The molecule has 0 saturated heterocycles. The number of rotatable bonds is 9. The van der Waals surface area contributed by atoms with Crippen LogP contribution in [0.1, 0.15) is 0 Å². The third-order valence-electron chi connectivity index (χ3n) is 14.0. The minimum Gasteiger partial charge on any atom is -0.309 e. The molecule has 0 N–H and O–H groups in total. The fraction of sp³-hybridized carbons (Fsp3) is 0. The lowest BCUT2D eigenvalue weighted by Gasteiger charge is -2.30. The molecule has 13 rings (SSSR count). The summed E-state index contributed by atoms with van der Waals surface area (Å²) in [6.45, 7) is 0. The summed E-state index contributed by atoms with van der Waals surface area (Å²) in [7, 11) is 0. The molecular formula is C68H46N2. The van der Waals surface area contributed by atoms with E-state index in [4.69, 9.17) is 0 Å². The van der Waals surface area contributed by atoms with Crippen molar-refractivity contribution in [3.05, 3.63) is 279 Å². The van der Waals surface area contributed by atoms with Crippen molar-refractivity contribution in [2.24, 2.45) is 0 Å². The molecule has 1 heterocycles. The molecule has 1 aromatic heterocycles. The van der Waals surface area contributed by atoms with Gasteiger partial charge in [0.25, 0.3) is 0 Å². The predicted octanol–water partition coefficient (Wildman–Crippen LogP) is 18.9. The van der Waals surface area contributed by atoms with Gasteiger partial charge in [-0.25, -0.2) is 0 Å². The maximum absolute atomic E-state index is 2.49. The quantitative estimate of drug-likeness (QED) is 0.140. The van der Waals surface area contributed by atoms with Crippen LogP contribution >= 0.6 is 0 Å². The molecule has 0 amide bonds. The van der Waals surface area contributed by atoms with Crippen LogP contribution in [0.5, 0.6) is 0 Å². The third-order valence-corrected chi connectivity index (χ3v) is 14.0. The Kier molecular flexibility index (Phi) is 10.2. The highest BCUT2D eigenvalue weighted by Gasteiger charge is 2.24. The average Bonchev–Trinajstić information content (AvgIpc) is 3.78.